The van der Waals surface area contributed by atoms with E-state index >= 15 is 0 Å². The number of hydrogen-bond donors (Lipinski definition) is 1. The highest BCUT2D eigenvalue weighted by molar-refractivity contribution is 6.42. The standard InChI is InChI=1S/C16H16ClF3N2O/c1-9-14(23)21-13-5-4-11(17)8-12(13)15(22-9,16(18,19)20)7-6-10-2-3-10/h4-5,8,10H,2-3,6-7H2,1H3,(H,21,23). The molecule has 1 aromatic rings. The summed E-state index contributed by atoms with van der Waals surface area (Å²) in [7, 11) is 0. The fraction of sp³-hybridized carbons (Fsp3) is 0.500. The molecule has 1 aliphatic carbocycles. The third-order valence-electron chi connectivity index (χ3n) is 4.44. The summed E-state index contributed by atoms with van der Waals surface area (Å²) in [4.78, 5) is 15.8. The number of hydrogen-bond acceptors (Lipinski definition) is 2. The van der Waals surface area contributed by atoms with Crippen LogP contribution in [0.4, 0.5) is 18.9 Å². The summed E-state index contributed by atoms with van der Waals surface area (Å²) in [6, 6.07) is 4.13. The molecule has 7 heteroatoms. The average molecular weight is 345 g/mol. The average Bonchev–Trinajstić information content (AvgIpc) is 3.27. The van der Waals surface area contributed by atoms with Crippen molar-refractivity contribution in [2.45, 2.75) is 44.3 Å². The Morgan fingerprint density at radius 1 is 1.39 bits per heavy atom. The Labute approximate surface area is 136 Å². The van der Waals surface area contributed by atoms with Gasteiger partial charge in [-0.15, -0.1) is 0 Å². The Bertz CT molecular complexity index is 682. The molecule has 1 fully saturated rings. The molecule has 0 spiro atoms. The van der Waals surface area contributed by atoms with E-state index in [1.54, 1.807) is 0 Å². The Kier molecular flexibility index (Phi) is 3.91. The van der Waals surface area contributed by atoms with Crippen LogP contribution in [0.15, 0.2) is 23.2 Å². The van der Waals surface area contributed by atoms with E-state index in [2.05, 4.69) is 10.3 Å². The number of fused-ring (bicyclic) bond motifs is 1. The van der Waals surface area contributed by atoms with Crippen LogP contribution in [0.1, 0.15) is 38.2 Å². The first-order valence-electron chi connectivity index (χ1n) is 7.47. The number of aliphatic imine (C=N–C) groups is 1. The SMILES string of the molecule is CC1=NC(CCC2CC2)(C(F)(F)F)c2cc(Cl)ccc2NC1=O. The van der Waals surface area contributed by atoms with Gasteiger partial charge < -0.3 is 5.32 Å². The predicted octanol–water partition coefficient (Wildman–Crippen LogP) is 4.70. The molecule has 1 unspecified atom stereocenters. The second-order valence-corrected chi connectivity index (χ2v) is 6.62. The molecule has 1 aliphatic heterocycles. The maximum atomic E-state index is 14.1. The molecule has 124 valence electrons. The normalized spacial score (nSPS) is 24.6. The van der Waals surface area contributed by atoms with Crippen LogP contribution in [-0.4, -0.2) is 17.8 Å². The zero-order chi connectivity index (χ0) is 16.8. The van der Waals surface area contributed by atoms with Gasteiger partial charge >= 0.3 is 6.18 Å². The van der Waals surface area contributed by atoms with Gasteiger partial charge in [0.25, 0.3) is 5.91 Å². The number of amides is 1. The van der Waals surface area contributed by atoms with E-state index in [1.165, 1.54) is 25.1 Å². The van der Waals surface area contributed by atoms with Gasteiger partial charge in [0, 0.05) is 16.3 Å². The van der Waals surface area contributed by atoms with E-state index in [0.717, 1.165) is 12.8 Å². The molecule has 1 heterocycles. The quantitative estimate of drug-likeness (QED) is 0.848. The second-order valence-electron chi connectivity index (χ2n) is 6.18. The maximum absolute atomic E-state index is 14.1. The number of carbonyl (C=O) groups excluding carboxylic acids is 1. The first kappa shape index (κ1) is 16.3. The summed E-state index contributed by atoms with van der Waals surface area (Å²) in [6.45, 7) is 1.31. The zero-order valence-corrected chi connectivity index (χ0v) is 13.3. The van der Waals surface area contributed by atoms with Crippen molar-refractivity contribution in [3.63, 3.8) is 0 Å². The van der Waals surface area contributed by atoms with Crippen molar-refractivity contribution in [2.24, 2.45) is 10.9 Å². The Hall–Kier alpha value is -1.56. The van der Waals surface area contributed by atoms with Crippen LogP contribution >= 0.6 is 11.6 Å². The number of carbonyl (C=O) groups is 1. The first-order chi connectivity index (χ1) is 10.7. The molecule has 0 aromatic heterocycles. The Morgan fingerprint density at radius 3 is 2.70 bits per heavy atom. The third kappa shape index (κ3) is 2.96. The topological polar surface area (TPSA) is 41.5 Å². The molecular weight excluding hydrogens is 329 g/mol. The number of alkyl halides is 3. The number of anilines is 1. The molecule has 0 saturated heterocycles. The van der Waals surface area contributed by atoms with Gasteiger partial charge in [0.2, 0.25) is 0 Å². The molecule has 1 atom stereocenters. The lowest BCUT2D eigenvalue weighted by molar-refractivity contribution is -0.191. The molecule has 3 nitrogen and oxygen atoms in total. The van der Waals surface area contributed by atoms with Crippen molar-refractivity contribution in [1.29, 1.82) is 0 Å². The number of nitrogens with zero attached hydrogens (tertiary/aromatic N) is 1. The van der Waals surface area contributed by atoms with E-state index in [4.69, 9.17) is 11.6 Å². The van der Waals surface area contributed by atoms with Crippen LogP contribution in [0.2, 0.25) is 5.02 Å². The van der Waals surface area contributed by atoms with Gasteiger partial charge in [0.1, 0.15) is 0 Å². The second kappa shape index (κ2) is 5.51. The van der Waals surface area contributed by atoms with Gasteiger partial charge in [-0.3, -0.25) is 9.79 Å². The van der Waals surface area contributed by atoms with Crippen molar-refractivity contribution in [3.05, 3.63) is 28.8 Å². The molecule has 1 aromatic carbocycles. The highest BCUT2D eigenvalue weighted by Gasteiger charge is 2.58. The van der Waals surface area contributed by atoms with Crippen molar-refractivity contribution in [1.82, 2.24) is 0 Å². The smallest absolute Gasteiger partial charge is 0.321 e. The van der Waals surface area contributed by atoms with Gasteiger partial charge in [-0.25, -0.2) is 0 Å². The molecule has 2 aliphatic rings. The lowest BCUT2D eigenvalue weighted by Crippen LogP contribution is -2.41. The van der Waals surface area contributed by atoms with Crippen LogP contribution in [0.5, 0.6) is 0 Å². The van der Waals surface area contributed by atoms with Crippen LogP contribution in [0.3, 0.4) is 0 Å². The van der Waals surface area contributed by atoms with Crippen molar-refractivity contribution < 1.29 is 18.0 Å². The third-order valence-corrected chi connectivity index (χ3v) is 4.68. The number of nitrogens with one attached hydrogen (secondary N) is 1. The summed E-state index contributed by atoms with van der Waals surface area (Å²) in [5.74, 6) is -0.301. The largest absolute Gasteiger partial charge is 0.417 e. The van der Waals surface area contributed by atoms with Crippen molar-refractivity contribution >= 4 is 28.9 Å². The van der Waals surface area contributed by atoms with Crippen molar-refractivity contribution in [3.8, 4) is 0 Å². The molecule has 23 heavy (non-hydrogen) atoms. The predicted molar refractivity (Wildman–Crippen MR) is 82.9 cm³/mol. The number of halogens is 4. The maximum Gasteiger partial charge on any atom is 0.417 e. The fourth-order valence-corrected chi connectivity index (χ4v) is 3.12. The first-order valence-corrected chi connectivity index (χ1v) is 7.85. The Balaban J connectivity index is 2.20. The Morgan fingerprint density at radius 2 is 2.09 bits per heavy atom. The fourth-order valence-electron chi connectivity index (χ4n) is 2.95. The summed E-state index contributed by atoms with van der Waals surface area (Å²) in [5.41, 5.74) is -2.57. The molecule has 0 bridgehead atoms. The highest BCUT2D eigenvalue weighted by Crippen LogP contribution is 2.51. The summed E-state index contributed by atoms with van der Waals surface area (Å²) in [5, 5.41) is 2.69. The van der Waals surface area contributed by atoms with Crippen molar-refractivity contribution in [2.75, 3.05) is 5.32 Å². The van der Waals surface area contributed by atoms with Gasteiger partial charge in [-0.05, 0) is 43.9 Å². The van der Waals surface area contributed by atoms with Gasteiger partial charge in [-0.1, -0.05) is 24.4 Å². The summed E-state index contributed by atoms with van der Waals surface area (Å²) in [6.07, 6.45) is -2.46. The minimum atomic E-state index is -4.62. The number of benzene rings is 1. The van der Waals surface area contributed by atoms with Crippen LogP contribution < -0.4 is 5.32 Å². The van der Waals surface area contributed by atoms with E-state index in [9.17, 15) is 18.0 Å². The monoisotopic (exact) mass is 344 g/mol. The molecule has 1 amide bonds. The molecule has 1 saturated carbocycles. The van der Waals surface area contributed by atoms with E-state index in [0.29, 0.717) is 12.3 Å². The molecular formula is C16H16ClF3N2O. The zero-order valence-electron chi connectivity index (χ0n) is 12.5. The minimum absolute atomic E-state index is 0.0802. The molecule has 0 radical (unpaired) electrons. The summed E-state index contributed by atoms with van der Waals surface area (Å²) < 4.78 is 42.2. The minimum Gasteiger partial charge on any atom is -0.321 e. The highest BCUT2D eigenvalue weighted by atomic mass is 35.5. The van der Waals surface area contributed by atoms with E-state index < -0.39 is 17.6 Å². The van der Waals surface area contributed by atoms with E-state index in [-0.39, 0.29) is 28.4 Å². The van der Waals surface area contributed by atoms with Crippen LogP contribution in [0, 0.1) is 5.92 Å². The van der Waals surface area contributed by atoms with Crippen LogP contribution in [0.25, 0.3) is 0 Å². The lowest BCUT2D eigenvalue weighted by atomic mass is 9.83. The van der Waals surface area contributed by atoms with Crippen LogP contribution in [-0.2, 0) is 10.3 Å². The lowest BCUT2D eigenvalue weighted by Gasteiger charge is -2.33. The van der Waals surface area contributed by atoms with Gasteiger partial charge in [0.05, 0.1) is 5.71 Å². The van der Waals surface area contributed by atoms with Gasteiger partial charge in [0.15, 0.2) is 5.54 Å². The molecule has 3 rings (SSSR count). The van der Waals surface area contributed by atoms with E-state index in [1.807, 2.05) is 0 Å². The number of rotatable bonds is 3. The van der Waals surface area contributed by atoms with Gasteiger partial charge in [-0.2, -0.15) is 13.2 Å². The summed E-state index contributed by atoms with van der Waals surface area (Å²) >= 11 is 5.93. The molecule has 1 N–H and O–H groups in total.